The number of carbonyl (C=O) groups excluding carboxylic acids is 2. The molecule has 0 bridgehead atoms. The topological polar surface area (TPSA) is 71.3 Å². The number of amides is 2. The molecule has 0 spiro atoms. The zero-order valence-corrected chi connectivity index (χ0v) is 15.7. The molecule has 0 unspecified atom stereocenters. The number of pyridine rings is 1. The molecular weight excluding hydrogens is 354 g/mol. The van der Waals surface area contributed by atoms with Crippen LogP contribution in [0.4, 0.5) is 5.69 Å². The molecule has 2 aromatic heterocycles. The summed E-state index contributed by atoms with van der Waals surface area (Å²) in [5.41, 5.74) is 1.37. The largest absolute Gasteiger partial charge is 0.343 e. The molecule has 2 amide bonds. The summed E-state index contributed by atoms with van der Waals surface area (Å²) in [7, 11) is 0. The Morgan fingerprint density at radius 2 is 2.08 bits per heavy atom. The van der Waals surface area contributed by atoms with Crippen molar-refractivity contribution in [3.63, 3.8) is 0 Å². The molecule has 1 saturated heterocycles. The number of piperidine rings is 1. The van der Waals surface area contributed by atoms with E-state index in [1.54, 1.807) is 40.0 Å². The van der Waals surface area contributed by atoms with Gasteiger partial charge in [-0.3, -0.25) is 14.6 Å². The van der Waals surface area contributed by atoms with Crippen LogP contribution in [0, 0.1) is 5.92 Å². The summed E-state index contributed by atoms with van der Waals surface area (Å²) in [6.45, 7) is 5.22. The maximum Gasteiger partial charge on any atom is 0.230 e. The van der Waals surface area contributed by atoms with E-state index in [9.17, 15) is 9.59 Å². The molecular formula is C18H22ClN5O2. The Labute approximate surface area is 157 Å². The van der Waals surface area contributed by atoms with Crippen LogP contribution in [0.25, 0.3) is 5.69 Å². The minimum Gasteiger partial charge on any atom is -0.343 e. The molecule has 0 N–H and O–H groups in total. The Hall–Kier alpha value is -2.41. The first-order valence-corrected chi connectivity index (χ1v) is 9.11. The molecule has 138 valence electrons. The first kappa shape index (κ1) is 18.4. The van der Waals surface area contributed by atoms with Crippen LogP contribution in [0.3, 0.4) is 0 Å². The van der Waals surface area contributed by atoms with E-state index < -0.39 is 0 Å². The van der Waals surface area contributed by atoms with Crippen molar-refractivity contribution in [3.05, 3.63) is 35.9 Å². The Balaban J connectivity index is 1.78. The highest BCUT2D eigenvalue weighted by atomic mass is 35.5. The molecule has 26 heavy (non-hydrogen) atoms. The summed E-state index contributed by atoms with van der Waals surface area (Å²) in [5.74, 6) is -0.0178. The zero-order chi connectivity index (χ0) is 18.7. The fourth-order valence-corrected chi connectivity index (χ4v) is 3.49. The minimum absolute atomic E-state index is 0.0309. The van der Waals surface area contributed by atoms with Crippen molar-refractivity contribution in [2.45, 2.75) is 26.7 Å². The van der Waals surface area contributed by atoms with Crippen LogP contribution < -0.4 is 4.90 Å². The van der Waals surface area contributed by atoms with E-state index in [-0.39, 0.29) is 22.9 Å². The lowest BCUT2D eigenvalue weighted by Crippen LogP contribution is -2.44. The molecule has 0 aliphatic carbocycles. The molecule has 0 aromatic carbocycles. The van der Waals surface area contributed by atoms with Crippen LogP contribution in [-0.4, -0.2) is 51.1 Å². The third-order valence-corrected chi connectivity index (χ3v) is 4.99. The van der Waals surface area contributed by atoms with Gasteiger partial charge in [0.25, 0.3) is 0 Å². The zero-order valence-electron chi connectivity index (χ0n) is 14.9. The lowest BCUT2D eigenvalue weighted by molar-refractivity contribution is -0.133. The first-order valence-electron chi connectivity index (χ1n) is 8.73. The predicted octanol–water partition coefficient (Wildman–Crippen LogP) is 2.53. The fraction of sp³-hybridized carbons (Fsp3) is 0.444. The van der Waals surface area contributed by atoms with Crippen molar-refractivity contribution < 1.29 is 9.59 Å². The maximum atomic E-state index is 13.0. The summed E-state index contributed by atoms with van der Waals surface area (Å²) < 4.78 is 1.62. The van der Waals surface area contributed by atoms with Gasteiger partial charge in [0.15, 0.2) is 5.15 Å². The van der Waals surface area contributed by atoms with Crippen LogP contribution >= 0.6 is 11.6 Å². The van der Waals surface area contributed by atoms with E-state index in [0.717, 1.165) is 5.69 Å². The van der Waals surface area contributed by atoms with E-state index in [1.807, 2.05) is 19.1 Å². The molecule has 1 aliphatic rings. The van der Waals surface area contributed by atoms with Crippen molar-refractivity contribution in [2.24, 2.45) is 5.92 Å². The molecule has 8 heteroatoms. The van der Waals surface area contributed by atoms with E-state index in [1.165, 1.54) is 0 Å². The van der Waals surface area contributed by atoms with Crippen LogP contribution in [-0.2, 0) is 9.59 Å². The molecule has 3 rings (SSSR count). The van der Waals surface area contributed by atoms with Gasteiger partial charge in [-0.2, -0.15) is 5.10 Å². The van der Waals surface area contributed by atoms with Gasteiger partial charge in [0.2, 0.25) is 11.8 Å². The van der Waals surface area contributed by atoms with Gasteiger partial charge in [-0.25, -0.2) is 4.68 Å². The average molecular weight is 376 g/mol. The Morgan fingerprint density at radius 3 is 2.65 bits per heavy atom. The third-order valence-electron chi connectivity index (χ3n) is 4.72. The second-order valence-corrected chi connectivity index (χ2v) is 6.68. The van der Waals surface area contributed by atoms with E-state index >= 15 is 0 Å². The minimum atomic E-state index is -0.108. The summed E-state index contributed by atoms with van der Waals surface area (Å²) in [6, 6.07) is 3.69. The molecule has 3 heterocycles. The van der Waals surface area contributed by atoms with E-state index in [2.05, 4.69) is 10.1 Å². The highest BCUT2D eigenvalue weighted by Crippen LogP contribution is 2.29. The lowest BCUT2D eigenvalue weighted by Gasteiger charge is -2.33. The standard InChI is InChI=1S/C18H22ClN5O2/c1-3-23(18(26)14-6-9-22(10-7-14)13(2)25)16-12-24(21-17(16)19)15-5-4-8-20-11-15/h4-5,8,11-12,14H,3,6-7,9-10H2,1-2H3. The van der Waals surface area contributed by atoms with E-state index in [4.69, 9.17) is 11.6 Å². The van der Waals surface area contributed by atoms with Gasteiger partial charge in [0.05, 0.1) is 18.1 Å². The molecule has 0 saturated carbocycles. The van der Waals surface area contributed by atoms with Crippen molar-refractivity contribution in [2.75, 3.05) is 24.5 Å². The summed E-state index contributed by atoms with van der Waals surface area (Å²) in [6.07, 6.45) is 6.46. The Morgan fingerprint density at radius 1 is 1.35 bits per heavy atom. The number of likely N-dealkylation sites (tertiary alicyclic amines) is 1. The quantitative estimate of drug-likeness (QED) is 0.823. The van der Waals surface area contributed by atoms with Gasteiger partial charge in [0, 0.05) is 38.7 Å². The summed E-state index contributed by atoms with van der Waals surface area (Å²) >= 11 is 6.32. The maximum absolute atomic E-state index is 13.0. The normalized spacial score (nSPS) is 15.1. The molecule has 2 aromatic rings. The van der Waals surface area contributed by atoms with Crippen LogP contribution in [0.2, 0.25) is 5.15 Å². The number of rotatable bonds is 4. The van der Waals surface area contributed by atoms with Gasteiger partial charge < -0.3 is 9.80 Å². The molecule has 0 radical (unpaired) electrons. The van der Waals surface area contributed by atoms with Crippen LogP contribution in [0.15, 0.2) is 30.7 Å². The Kier molecular flexibility index (Phi) is 5.56. The van der Waals surface area contributed by atoms with Crippen molar-refractivity contribution >= 4 is 29.1 Å². The van der Waals surface area contributed by atoms with Crippen LogP contribution in [0.1, 0.15) is 26.7 Å². The second kappa shape index (κ2) is 7.86. The fourth-order valence-electron chi connectivity index (χ4n) is 3.25. The second-order valence-electron chi connectivity index (χ2n) is 6.32. The number of aromatic nitrogens is 3. The van der Waals surface area contributed by atoms with Gasteiger partial charge >= 0.3 is 0 Å². The average Bonchev–Trinajstić information content (AvgIpc) is 3.04. The highest BCUT2D eigenvalue weighted by molar-refractivity contribution is 6.32. The van der Waals surface area contributed by atoms with Gasteiger partial charge in [0.1, 0.15) is 5.69 Å². The molecule has 0 atom stereocenters. The molecule has 7 nitrogen and oxygen atoms in total. The van der Waals surface area contributed by atoms with Crippen molar-refractivity contribution in [1.29, 1.82) is 0 Å². The number of anilines is 1. The molecule has 1 fully saturated rings. The number of hydrogen-bond donors (Lipinski definition) is 0. The monoisotopic (exact) mass is 375 g/mol. The van der Waals surface area contributed by atoms with Gasteiger partial charge in [-0.1, -0.05) is 11.6 Å². The molecule has 1 aliphatic heterocycles. The van der Waals surface area contributed by atoms with E-state index in [0.29, 0.717) is 38.2 Å². The SMILES string of the molecule is CCN(C(=O)C1CCN(C(C)=O)CC1)c1cn(-c2cccnc2)nc1Cl. The van der Waals surface area contributed by atoms with Crippen LogP contribution in [0.5, 0.6) is 0 Å². The number of nitrogens with zero attached hydrogens (tertiary/aromatic N) is 5. The number of hydrogen-bond acceptors (Lipinski definition) is 4. The smallest absolute Gasteiger partial charge is 0.230 e. The number of halogens is 1. The predicted molar refractivity (Wildman–Crippen MR) is 99.4 cm³/mol. The number of carbonyl (C=O) groups is 2. The lowest BCUT2D eigenvalue weighted by atomic mass is 9.95. The van der Waals surface area contributed by atoms with Crippen molar-refractivity contribution in [1.82, 2.24) is 19.7 Å². The van der Waals surface area contributed by atoms with Crippen molar-refractivity contribution in [3.8, 4) is 5.69 Å². The van der Waals surface area contributed by atoms with Gasteiger partial charge in [-0.05, 0) is 31.9 Å². The summed E-state index contributed by atoms with van der Waals surface area (Å²) in [5, 5.41) is 4.59. The Bertz CT molecular complexity index is 784. The van der Waals surface area contributed by atoms with Gasteiger partial charge in [-0.15, -0.1) is 0 Å². The highest BCUT2D eigenvalue weighted by Gasteiger charge is 2.31. The third kappa shape index (κ3) is 3.72. The summed E-state index contributed by atoms with van der Waals surface area (Å²) in [4.78, 5) is 32.0. The first-order chi connectivity index (χ1) is 12.5.